The highest BCUT2D eigenvalue weighted by Crippen LogP contribution is 2.31. The molecule has 0 aliphatic rings. The minimum Gasteiger partial charge on any atom is -0.206 e. The third-order valence-corrected chi connectivity index (χ3v) is 4.00. The van der Waals surface area contributed by atoms with Gasteiger partial charge in [-0.05, 0) is 41.5 Å². The van der Waals surface area contributed by atoms with Gasteiger partial charge in [0.2, 0.25) is 0 Å². The van der Waals surface area contributed by atoms with Crippen LogP contribution in [0.2, 0.25) is 0 Å². The van der Waals surface area contributed by atoms with E-state index < -0.39 is 29.1 Å². The van der Waals surface area contributed by atoms with Crippen LogP contribution in [-0.4, -0.2) is 0 Å². The van der Waals surface area contributed by atoms with Gasteiger partial charge in [-0.3, -0.25) is 0 Å². The first-order chi connectivity index (χ1) is 11.4. The summed E-state index contributed by atoms with van der Waals surface area (Å²) in [6.45, 7) is 0. The standard InChI is InChI=1S/C18H8BrF5/c19-11-2-4-12(15(21)8-11)9-1-3-13(14(20)5-9)10-6-16(22)18(24)17(23)7-10/h1-8H. The molecule has 6 heteroatoms. The first kappa shape index (κ1) is 16.6. The Morgan fingerprint density at radius 3 is 1.62 bits per heavy atom. The third-order valence-electron chi connectivity index (χ3n) is 3.51. The highest BCUT2D eigenvalue weighted by Gasteiger charge is 2.15. The average molecular weight is 399 g/mol. The van der Waals surface area contributed by atoms with Crippen molar-refractivity contribution in [2.75, 3.05) is 0 Å². The molecule has 0 atom stereocenters. The molecule has 3 rings (SSSR count). The Hall–Kier alpha value is -2.21. The molecule has 122 valence electrons. The molecule has 0 aromatic heterocycles. The van der Waals surface area contributed by atoms with Crippen molar-refractivity contribution in [1.82, 2.24) is 0 Å². The van der Waals surface area contributed by atoms with Crippen LogP contribution in [0, 0.1) is 29.1 Å². The van der Waals surface area contributed by atoms with Gasteiger partial charge in [-0.2, -0.15) is 0 Å². The maximum absolute atomic E-state index is 14.3. The lowest BCUT2D eigenvalue weighted by Gasteiger charge is -2.09. The van der Waals surface area contributed by atoms with E-state index in [4.69, 9.17) is 0 Å². The highest BCUT2D eigenvalue weighted by atomic mass is 79.9. The Morgan fingerprint density at radius 2 is 1.04 bits per heavy atom. The normalized spacial score (nSPS) is 10.9. The van der Waals surface area contributed by atoms with E-state index in [1.807, 2.05) is 0 Å². The van der Waals surface area contributed by atoms with Crippen LogP contribution in [0.25, 0.3) is 22.3 Å². The Labute approximate surface area is 142 Å². The van der Waals surface area contributed by atoms with E-state index >= 15 is 0 Å². The molecule has 24 heavy (non-hydrogen) atoms. The van der Waals surface area contributed by atoms with Crippen molar-refractivity contribution in [2.24, 2.45) is 0 Å². The Balaban J connectivity index is 2.08. The second-order valence-electron chi connectivity index (χ2n) is 5.07. The molecule has 3 aromatic carbocycles. The van der Waals surface area contributed by atoms with Crippen LogP contribution in [0.5, 0.6) is 0 Å². The van der Waals surface area contributed by atoms with Crippen LogP contribution in [0.15, 0.2) is 53.0 Å². The van der Waals surface area contributed by atoms with Gasteiger partial charge < -0.3 is 0 Å². The summed E-state index contributed by atoms with van der Waals surface area (Å²) in [6.07, 6.45) is 0. The van der Waals surface area contributed by atoms with Gasteiger partial charge in [0.1, 0.15) is 11.6 Å². The van der Waals surface area contributed by atoms with E-state index in [-0.39, 0.29) is 22.3 Å². The van der Waals surface area contributed by atoms with Crippen LogP contribution in [-0.2, 0) is 0 Å². The summed E-state index contributed by atoms with van der Waals surface area (Å²) in [5.41, 5.74) is 0.185. The molecule has 0 amide bonds. The van der Waals surface area contributed by atoms with Crippen LogP contribution < -0.4 is 0 Å². The Morgan fingerprint density at radius 1 is 0.542 bits per heavy atom. The fourth-order valence-corrected chi connectivity index (χ4v) is 2.68. The van der Waals surface area contributed by atoms with Crippen molar-refractivity contribution in [2.45, 2.75) is 0 Å². The number of halogens is 6. The van der Waals surface area contributed by atoms with Crippen LogP contribution in [0.3, 0.4) is 0 Å². The van der Waals surface area contributed by atoms with E-state index in [0.717, 1.165) is 6.07 Å². The second-order valence-corrected chi connectivity index (χ2v) is 5.99. The Bertz CT molecular complexity index is 914. The fraction of sp³-hybridized carbons (Fsp3) is 0. The summed E-state index contributed by atoms with van der Waals surface area (Å²) in [6, 6.07) is 9.47. The van der Waals surface area contributed by atoms with Gasteiger partial charge >= 0.3 is 0 Å². The average Bonchev–Trinajstić information content (AvgIpc) is 2.52. The summed E-state index contributed by atoms with van der Waals surface area (Å²) in [4.78, 5) is 0. The molecule has 0 saturated carbocycles. The third kappa shape index (κ3) is 3.06. The first-order valence-electron chi connectivity index (χ1n) is 6.76. The van der Waals surface area contributed by atoms with Crippen molar-refractivity contribution in [1.29, 1.82) is 0 Å². The van der Waals surface area contributed by atoms with Gasteiger partial charge in [-0.15, -0.1) is 0 Å². The number of rotatable bonds is 2. The monoisotopic (exact) mass is 398 g/mol. The predicted octanol–water partition coefficient (Wildman–Crippen LogP) is 6.48. The summed E-state index contributed by atoms with van der Waals surface area (Å²) in [5.74, 6) is -5.79. The number of hydrogen-bond donors (Lipinski definition) is 0. The summed E-state index contributed by atoms with van der Waals surface area (Å²) in [7, 11) is 0. The van der Waals surface area contributed by atoms with E-state index in [9.17, 15) is 22.0 Å². The molecule has 0 nitrogen and oxygen atoms in total. The molecule has 0 bridgehead atoms. The van der Waals surface area contributed by atoms with Crippen molar-refractivity contribution in [3.05, 3.63) is 82.1 Å². The zero-order valence-corrected chi connectivity index (χ0v) is 13.5. The van der Waals surface area contributed by atoms with Crippen molar-refractivity contribution in [3.8, 4) is 22.3 Å². The number of benzene rings is 3. The molecule has 0 spiro atoms. The minimum atomic E-state index is -1.62. The van der Waals surface area contributed by atoms with Crippen LogP contribution in [0.4, 0.5) is 22.0 Å². The SMILES string of the molecule is Fc1cc(Br)ccc1-c1ccc(-c2cc(F)c(F)c(F)c2)c(F)c1. The lowest BCUT2D eigenvalue weighted by Crippen LogP contribution is -1.94. The van der Waals surface area contributed by atoms with Gasteiger partial charge in [0.25, 0.3) is 0 Å². The fourth-order valence-electron chi connectivity index (χ4n) is 2.35. The molecule has 0 radical (unpaired) electrons. The van der Waals surface area contributed by atoms with E-state index in [1.165, 1.54) is 24.3 Å². The van der Waals surface area contributed by atoms with Gasteiger partial charge in [0, 0.05) is 15.6 Å². The molecule has 0 unspecified atom stereocenters. The molecule has 0 heterocycles. The highest BCUT2D eigenvalue weighted by molar-refractivity contribution is 9.10. The van der Waals surface area contributed by atoms with E-state index in [1.54, 1.807) is 6.07 Å². The molecule has 0 fully saturated rings. The van der Waals surface area contributed by atoms with Crippen LogP contribution >= 0.6 is 15.9 Å². The lowest BCUT2D eigenvalue weighted by molar-refractivity contribution is 0.447. The second kappa shape index (κ2) is 6.36. The van der Waals surface area contributed by atoms with Crippen molar-refractivity contribution >= 4 is 15.9 Å². The Kier molecular flexibility index (Phi) is 4.41. The largest absolute Gasteiger partial charge is 0.206 e. The zero-order valence-electron chi connectivity index (χ0n) is 11.9. The molecular formula is C18H8BrF5. The van der Waals surface area contributed by atoms with Crippen molar-refractivity contribution in [3.63, 3.8) is 0 Å². The summed E-state index contributed by atoms with van der Waals surface area (Å²) < 4.78 is 68.4. The summed E-state index contributed by atoms with van der Waals surface area (Å²) >= 11 is 3.13. The quantitative estimate of drug-likeness (QED) is 0.342. The van der Waals surface area contributed by atoms with E-state index in [2.05, 4.69) is 15.9 Å². The van der Waals surface area contributed by atoms with Crippen molar-refractivity contribution < 1.29 is 22.0 Å². The molecular weight excluding hydrogens is 391 g/mol. The van der Waals surface area contributed by atoms with Gasteiger partial charge in [0.05, 0.1) is 0 Å². The maximum Gasteiger partial charge on any atom is 0.194 e. The maximum atomic E-state index is 14.3. The van der Waals surface area contributed by atoms with Gasteiger partial charge in [-0.1, -0.05) is 34.1 Å². The summed E-state index contributed by atoms with van der Waals surface area (Å²) in [5, 5.41) is 0. The van der Waals surface area contributed by atoms with E-state index in [0.29, 0.717) is 16.6 Å². The minimum absolute atomic E-state index is 0.117. The van der Waals surface area contributed by atoms with Gasteiger partial charge in [0.15, 0.2) is 17.5 Å². The van der Waals surface area contributed by atoms with Crippen LogP contribution in [0.1, 0.15) is 0 Å². The van der Waals surface area contributed by atoms with Gasteiger partial charge in [-0.25, -0.2) is 22.0 Å². The lowest BCUT2D eigenvalue weighted by atomic mass is 9.99. The number of hydrogen-bond acceptors (Lipinski definition) is 0. The topological polar surface area (TPSA) is 0 Å². The molecule has 3 aromatic rings. The zero-order chi connectivity index (χ0) is 17.4. The molecule has 0 N–H and O–H groups in total. The predicted molar refractivity (Wildman–Crippen MR) is 84.8 cm³/mol. The smallest absolute Gasteiger partial charge is 0.194 e. The molecule has 0 aliphatic heterocycles. The molecule has 0 aliphatic carbocycles. The molecule has 0 saturated heterocycles. The first-order valence-corrected chi connectivity index (χ1v) is 7.56.